The summed E-state index contributed by atoms with van der Waals surface area (Å²) in [6, 6.07) is 2.39. The molecule has 18 heavy (non-hydrogen) atoms. The maximum absolute atomic E-state index is 6.02. The number of halogens is 1. The van der Waals surface area contributed by atoms with Gasteiger partial charge in [-0.15, -0.1) is 0 Å². The molecule has 5 heteroatoms. The molecule has 0 saturated carbocycles. The van der Waals surface area contributed by atoms with E-state index in [1.165, 1.54) is 19.4 Å². The molecular weight excluding hydrogens is 248 g/mol. The molecule has 0 aliphatic carbocycles. The quantitative estimate of drug-likeness (QED) is 0.853. The van der Waals surface area contributed by atoms with Crippen molar-refractivity contribution in [3.63, 3.8) is 0 Å². The van der Waals surface area contributed by atoms with Crippen molar-refractivity contribution in [3.8, 4) is 0 Å². The van der Waals surface area contributed by atoms with Crippen molar-refractivity contribution in [1.82, 2.24) is 14.9 Å². The van der Waals surface area contributed by atoms with Crippen LogP contribution in [0.15, 0.2) is 6.07 Å². The van der Waals surface area contributed by atoms with E-state index in [0.29, 0.717) is 17.1 Å². The van der Waals surface area contributed by atoms with Gasteiger partial charge in [-0.2, -0.15) is 0 Å². The second-order valence-electron chi connectivity index (χ2n) is 5.25. The van der Waals surface area contributed by atoms with Crippen molar-refractivity contribution < 1.29 is 0 Å². The van der Waals surface area contributed by atoms with Crippen molar-refractivity contribution in [3.05, 3.63) is 17.0 Å². The van der Waals surface area contributed by atoms with Crippen LogP contribution in [0.4, 0.5) is 5.82 Å². The summed E-state index contributed by atoms with van der Waals surface area (Å²) in [7, 11) is 2.17. The number of hydrogen-bond acceptors (Lipinski definition) is 4. The molecule has 1 unspecified atom stereocenters. The Morgan fingerprint density at radius 3 is 2.89 bits per heavy atom. The standard InChI is InChI=1S/C13H21ClN4/c1-9(2)13-16-11(14)7-12(17-13)15-8-10-5-4-6-18(10)3/h7,9-10H,4-6,8H2,1-3H3,(H,15,16,17). The maximum atomic E-state index is 6.02. The largest absolute Gasteiger partial charge is 0.368 e. The lowest BCUT2D eigenvalue weighted by atomic mass is 10.2. The van der Waals surface area contributed by atoms with Gasteiger partial charge in [0.05, 0.1) is 0 Å². The van der Waals surface area contributed by atoms with Crippen LogP contribution >= 0.6 is 11.6 Å². The number of likely N-dealkylation sites (N-methyl/N-ethyl adjacent to an activating group) is 1. The van der Waals surface area contributed by atoms with Crippen molar-refractivity contribution >= 4 is 17.4 Å². The van der Waals surface area contributed by atoms with Gasteiger partial charge in [0.25, 0.3) is 0 Å². The minimum Gasteiger partial charge on any atom is -0.368 e. The Kier molecular flexibility index (Phi) is 4.40. The van der Waals surface area contributed by atoms with Crippen molar-refractivity contribution in [2.45, 2.75) is 38.6 Å². The molecule has 1 aliphatic rings. The molecule has 1 saturated heterocycles. The molecule has 1 aromatic rings. The summed E-state index contributed by atoms with van der Waals surface area (Å²) in [5, 5.41) is 3.89. The SMILES string of the molecule is CC(C)c1nc(Cl)cc(NCC2CCCN2C)n1. The van der Waals surface area contributed by atoms with Gasteiger partial charge in [-0.05, 0) is 26.4 Å². The lowest BCUT2D eigenvalue weighted by molar-refractivity contribution is 0.322. The summed E-state index contributed by atoms with van der Waals surface area (Å²) < 4.78 is 0. The second-order valence-corrected chi connectivity index (χ2v) is 5.63. The van der Waals surface area contributed by atoms with Crippen molar-refractivity contribution in [2.75, 3.05) is 25.5 Å². The van der Waals surface area contributed by atoms with Crippen LogP contribution in [0.1, 0.15) is 38.4 Å². The summed E-state index contributed by atoms with van der Waals surface area (Å²) in [6.45, 7) is 6.25. The van der Waals surface area contributed by atoms with E-state index >= 15 is 0 Å². The van der Waals surface area contributed by atoms with Crippen LogP contribution in [0, 0.1) is 0 Å². The molecular formula is C13H21ClN4. The van der Waals surface area contributed by atoms with Gasteiger partial charge in [0, 0.05) is 24.6 Å². The first-order chi connectivity index (χ1) is 8.56. The normalized spacial score (nSPS) is 20.6. The highest BCUT2D eigenvalue weighted by Gasteiger charge is 2.20. The highest BCUT2D eigenvalue weighted by atomic mass is 35.5. The van der Waals surface area contributed by atoms with E-state index in [0.717, 1.165) is 18.2 Å². The van der Waals surface area contributed by atoms with Crippen LogP contribution in [0.25, 0.3) is 0 Å². The summed E-state index contributed by atoms with van der Waals surface area (Å²) in [6.07, 6.45) is 2.53. The van der Waals surface area contributed by atoms with Gasteiger partial charge in [0.1, 0.15) is 16.8 Å². The fourth-order valence-corrected chi connectivity index (χ4v) is 2.43. The fourth-order valence-electron chi connectivity index (χ4n) is 2.24. The highest BCUT2D eigenvalue weighted by molar-refractivity contribution is 6.29. The van der Waals surface area contributed by atoms with Gasteiger partial charge in [0.15, 0.2) is 0 Å². The first-order valence-corrected chi connectivity index (χ1v) is 6.92. The first-order valence-electron chi connectivity index (χ1n) is 6.55. The minimum atomic E-state index is 0.290. The molecule has 2 heterocycles. The Balaban J connectivity index is 2.00. The smallest absolute Gasteiger partial charge is 0.135 e. The molecule has 2 rings (SSSR count). The topological polar surface area (TPSA) is 41.1 Å². The Labute approximate surface area is 114 Å². The van der Waals surface area contributed by atoms with E-state index in [2.05, 4.69) is 41.1 Å². The molecule has 0 spiro atoms. The molecule has 1 aromatic heterocycles. The van der Waals surface area contributed by atoms with Crippen LogP contribution in [-0.4, -0.2) is 41.0 Å². The van der Waals surface area contributed by atoms with Crippen LogP contribution in [0.5, 0.6) is 0 Å². The number of likely N-dealkylation sites (tertiary alicyclic amines) is 1. The zero-order valence-corrected chi connectivity index (χ0v) is 12.0. The second kappa shape index (κ2) is 5.85. The van der Waals surface area contributed by atoms with Crippen molar-refractivity contribution in [2.24, 2.45) is 0 Å². The highest BCUT2D eigenvalue weighted by Crippen LogP contribution is 2.19. The molecule has 0 bridgehead atoms. The molecule has 1 aliphatic heterocycles. The Bertz CT molecular complexity index is 408. The average Bonchev–Trinajstić information content (AvgIpc) is 2.71. The predicted molar refractivity (Wildman–Crippen MR) is 75.3 cm³/mol. The molecule has 0 aromatic carbocycles. The number of nitrogens with one attached hydrogen (secondary N) is 1. The third-order valence-corrected chi connectivity index (χ3v) is 3.61. The molecule has 0 radical (unpaired) electrons. The summed E-state index contributed by atoms with van der Waals surface area (Å²) in [5.41, 5.74) is 0. The van der Waals surface area contributed by atoms with E-state index in [9.17, 15) is 0 Å². The minimum absolute atomic E-state index is 0.290. The van der Waals surface area contributed by atoms with Gasteiger partial charge in [-0.25, -0.2) is 9.97 Å². The molecule has 100 valence electrons. The molecule has 1 fully saturated rings. The molecule has 1 N–H and O–H groups in total. The summed E-state index contributed by atoms with van der Waals surface area (Å²) in [5.74, 6) is 1.92. The number of anilines is 1. The predicted octanol–water partition coefficient (Wildman–Crippen LogP) is 2.76. The van der Waals surface area contributed by atoms with Gasteiger partial charge < -0.3 is 10.2 Å². The van der Waals surface area contributed by atoms with E-state index in [4.69, 9.17) is 11.6 Å². The van der Waals surface area contributed by atoms with Gasteiger partial charge in [-0.1, -0.05) is 25.4 Å². The van der Waals surface area contributed by atoms with E-state index in [1.807, 2.05) is 0 Å². The Hall–Kier alpha value is -0.870. The fraction of sp³-hybridized carbons (Fsp3) is 0.692. The van der Waals surface area contributed by atoms with Crippen LogP contribution < -0.4 is 5.32 Å². The number of aromatic nitrogens is 2. The summed E-state index contributed by atoms with van der Waals surface area (Å²) in [4.78, 5) is 11.1. The Morgan fingerprint density at radius 2 is 2.28 bits per heavy atom. The number of nitrogens with zero attached hydrogens (tertiary/aromatic N) is 3. The summed E-state index contributed by atoms with van der Waals surface area (Å²) >= 11 is 6.02. The lowest BCUT2D eigenvalue weighted by Gasteiger charge is -2.20. The third kappa shape index (κ3) is 3.33. The number of rotatable bonds is 4. The number of hydrogen-bond donors (Lipinski definition) is 1. The third-order valence-electron chi connectivity index (χ3n) is 3.42. The van der Waals surface area contributed by atoms with Gasteiger partial charge in [-0.3, -0.25) is 0 Å². The molecule has 4 nitrogen and oxygen atoms in total. The van der Waals surface area contributed by atoms with Gasteiger partial charge >= 0.3 is 0 Å². The zero-order valence-electron chi connectivity index (χ0n) is 11.3. The molecule has 1 atom stereocenters. The van der Waals surface area contributed by atoms with Crippen LogP contribution in [-0.2, 0) is 0 Å². The van der Waals surface area contributed by atoms with Crippen LogP contribution in [0.2, 0.25) is 5.15 Å². The van der Waals surface area contributed by atoms with E-state index in [1.54, 1.807) is 6.07 Å². The zero-order chi connectivity index (χ0) is 13.1. The lowest BCUT2D eigenvalue weighted by Crippen LogP contribution is -2.31. The van der Waals surface area contributed by atoms with Crippen LogP contribution in [0.3, 0.4) is 0 Å². The average molecular weight is 269 g/mol. The van der Waals surface area contributed by atoms with Gasteiger partial charge in [0.2, 0.25) is 0 Å². The maximum Gasteiger partial charge on any atom is 0.135 e. The Morgan fingerprint density at radius 1 is 1.50 bits per heavy atom. The first kappa shape index (κ1) is 13.6. The van der Waals surface area contributed by atoms with E-state index in [-0.39, 0.29) is 0 Å². The monoisotopic (exact) mass is 268 g/mol. The molecule has 0 amide bonds. The van der Waals surface area contributed by atoms with E-state index < -0.39 is 0 Å². The van der Waals surface area contributed by atoms with Crippen molar-refractivity contribution in [1.29, 1.82) is 0 Å².